The maximum absolute atomic E-state index is 13.8. The molecule has 0 bridgehead atoms. The number of nitrogens with one attached hydrogen (secondary N) is 2. The van der Waals surface area contributed by atoms with Crippen molar-refractivity contribution in [3.63, 3.8) is 0 Å². The zero-order chi connectivity index (χ0) is 25.5. The van der Waals surface area contributed by atoms with Crippen LogP contribution in [0.4, 0.5) is 10.5 Å². The first kappa shape index (κ1) is 25.5. The summed E-state index contributed by atoms with van der Waals surface area (Å²) in [6.07, 6.45) is 2.03. The van der Waals surface area contributed by atoms with Crippen LogP contribution in [0.15, 0.2) is 60.7 Å². The molecule has 0 aliphatic carbocycles. The molecule has 0 saturated carbocycles. The zero-order valence-electron chi connectivity index (χ0n) is 21.3. The summed E-state index contributed by atoms with van der Waals surface area (Å²) in [6.45, 7) is 6.62. The van der Waals surface area contributed by atoms with Gasteiger partial charge in [0, 0.05) is 31.9 Å². The summed E-state index contributed by atoms with van der Waals surface area (Å²) in [6, 6.07) is 19.6. The molecule has 1 unspecified atom stereocenters. The van der Waals surface area contributed by atoms with Crippen molar-refractivity contribution in [2.45, 2.75) is 45.2 Å². The van der Waals surface area contributed by atoms with E-state index in [2.05, 4.69) is 29.4 Å². The first-order valence-electron chi connectivity index (χ1n) is 12.9. The Morgan fingerprint density at radius 3 is 2.25 bits per heavy atom. The number of hydrogen-bond acceptors (Lipinski definition) is 4. The van der Waals surface area contributed by atoms with Crippen LogP contribution < -0.4 is 15.5 Å². The van der Waals surface area contributed by atoms with Crippen LogP contribution in [0.1, 0.15) is 38.7 Å². The minimum absolute atomic E-state index is 0.0330. The van der Waals surface area contributed by atoms with Gasteiger partial charge in [-0.25, -0.2) is 4.79 Å². The summed E-state index contributed by atoms with van der Waals surface area (Å²) in [5.74, 6) is 0.230. The Balaban J connectivity index is 1.43. The molecule has 4 rings (SSSR count). The van der Waals surface area contributed by atoms with E-state index in [-0.39, 0.29) is 24.4 Å². The second-order valence-electron chi connectivity index (χ2n) is 9.89. The third kappa shape index (κ3) is 5.64. The van der Waals surface area contributed by atoms with E-state index in [0.717, 1.165) is 17.7 Å². The van der Waals surface area contributed by atoms with Crippen molar-refractivity contribution in [2.24, 2.45) is 5.92 Å². The molecule has 2 aromatic carbocycles. The lowest BCUT2D eigenvalue weighted by atomic mass is 9.85. The van der Waals surface area contributed by atoms with Crippen molar-refractivity contribution in [2.75, 3.05) is 37.7 Å². The number of likely N-dealkylation sites (tertiary alicyclic amines) is 1. The van der Waals surface area contributed by atoms with E-state index in [1.165, 1.54) is 0 Å². The molecule has 4 amide bonds. The first-order chi connectivity index (χ1) is 17.4. The Kier molecular flexibility index (Phi) is 8.13. The molecule has 8 nitrogen and oxygen atoms in total. The van der Waals surface area contributed by atoms with Gasteiger partial charge < -0.3 is 25.3 Å². The Morgan fingerprint density at radius 2 is 1.61 bits per heavy atom. The van der Waals surface area contributed by atoms with Gasteiger partial charge in [0.15, 0.2) is 0 Å². The predicted molar refractivity (Wildman–Crippen MR) is 140 cm³/mol. The van der Waals surface area contributed by atoms with Crippen LogP contribution in [0.3, 0.4) is 0 Å². The molecular weight excluding hydrogens is 454 g/mol. The number of nitrogens with zero attached hydrogens (tertiary/aromatic N) is 3. The van der Waals surface area contributed by atoms with Crippen molar-refractivity contribution < 1.29 is 14.4 Å². The Labute approximate surface area is 213 Å². The minimum atomic E-state index is -0.755. The van der Waals surface area contributed by atoms with Crippen molar-refractivity contribution in [1.82, 2.24) is 20.4 Å². The molecule has 2 heterocycles. The van der Waals surface area contributed by atoms with Gasteiger partial charge in [0.05, 0.1) is 6.67 Å². The third-order valence-electron chi connectivity index (χ3n) is 7.43. The SMILES string of the molecule is CCC(C)CNC(=O)CN1CN(c2ccccc2)C2(CCN(C(=O)NCc3ccccc3)CC2)C1=O. The molecule has 2 N–H and O–H groups in total. The van der Waals surface area contributed by atoms with Crippen LogP contribution in [0, 0.1) is 5.92 Å². The van der Waals surface area contributed by atoms with Crippen molar-refractivity contribution in [1.29, 1.82) is 0 Å². The fraction of sp³-hybridized carbons (Fsp3) is 0.464. The van der Waals surface area contributed by atoms with Crippen molar-refractivity contribution in [3.8, 4) is 0 Å². The van der Waals surface area contributed by atoms with E-state index < -0.39 is 5.54 Å². The number of hydrogen-bond donors (Lipinski definition) is 2. The van der Waals surface area contributed by atoms with Gasteiger partial charge in [-0.05, 0) is 36.5 Å². The molecule has 1 atom stereocenters. The fourth-order valence-corrected chi connectivity index (χ4v) is 4.95. The lowest BCUT2D eigenvalue weighted by molar-refractivity contribution is -0.137. The van der Waals surface area contributed by atoms with Gasteiger partial charge in [-0.2, -0.15) is 0 Å². The molecule has 2 aliphatic rings. The number of carbonyl (C=O) groups is 3. The van der Waals surface area contributed by atoms with Crippen LogP contribution >= 0.6 is 0 Å². The lowest BCUT2D eigenvalue weighted by Gasteiger charge is -2.43. The summed E-state index contributed by atoms with van der Waals surface area (Å²) < 4.78 is 0. The molecular formula is C28H37N5O3. The summed E-state index contributed by atoms with van der Waals surface area (Å²) in [5.41, 5.74) is 1.24. The largest absolute Gasteiger partial charge is 0.354 e. The number of amides is 4. The van der Waals surface area contributed by atoms with Gasteiger partial charge in [0.2, 0.25) is 5.91 Å². The van der Waals surface area contributed by atoms with E-state index in [0.29, 0.717) is 51.6 Å². The van der Waals surface area contributed by atoms with E-state index in [4.69, 9.17) is 0 Å². The molecule has 0 aromatic heterocycles. The topological polar surface area (TPSA) is 85.0 Å². The second-order valence-corrected chi connectivity index (χ2v) is 9.89. The highest BCUT2D eigenvalue weighted by atomic mass is 16.2. The number of para-hydroxylation sites is 1. The highest BCUT2D eigenvalue weighted by Crippen LogP contribution is 2.39. The number of carbonyl (C=O) groups excluding carboxylic acids is 3. The third-order valence-corrected chi connectivity index (χ3v) is 7.43. The van der Waals surface area contributed by atoms with Gasteiger partial charge in [-0.15, -0.1) is 0 Å². The maximum Gasteiger partial charge on any atom is 0.317 e. The zero-order valence-corrected chi connectivity index (χ0v) is 21.3. The highest BCUT2D eigenvalue weighted by Gasteiger charge is 2.54. The Hall–Kier alpha value is -3.55. The van der Waals surface area contributed by atoms with Crippen molar-refractivity contribution >= 4 is 23.5 Å². The summed E-state index contributed by atoms with van der Waals surface area (Å²) >= 11 is 0. The molecule has 2 aliphatic heterocycles. The molecule has 192 valence electrons. The smallest absolute Gasteiger partial charge is 0.317 e. The summed E-state index contributed by atoms with van der Waals surface area (Å²) in [4.78, 5) is 44.8. The molecule has 2 fully saturated rings. The van der Waals surface area contributed by atoms with Crippen LogP contribution in [-0.4, -0.2) is 66.0 Å². The standard InChI is InChI=1S/C28H37N5O3/c1-3-22(2)18-29-25(34)20-32-21-33(24-12-8-5-9-13-24)28(26(32)35)14-16-31(17-15-28)27(36)30-19-23-10-6-4-7-11-23/h4-13,22H,3,14-21H2,1-2H3,(H,29,34)(H,30,36). The van der Waals surface area contributed by atoms with Crippen LogP contribution in [0.25, 0.3) is 0 Å². The number of benzene rings is 2. The van der Waals surface area contributed by atoms with Crippen molar-refractivity contribution in [3.05, 3.63) is 66.2 Å². The fourth-order valence-electron chi connectivity index (χ4n) is 4.95. The van der Waals surface area contributed by atoms with Crippen LogP contribution in [-0.2, 0) is 16.1 Å². The molecule has 8 heteroatoms. The molecule has 1 spiro atoms. The van der Waals surface area contributed by atoms with E-state index in [1.54, 1.807) is 9.80 Å². The van der Waals surface area contributed by atoms with Crippen LogP contribution in [0.5, 0.6) is 0 Å². The van der Waals surface area contributed by atoms with E-state index in [1.807, 2.05) is 60.7 Å². The Morgan fingerprint density at radius 1 is 0.972 bits per heavy atom. The minimum Gasteiger partial charge on any atom is -0.354 e. The Bertz CT molecular complexity index is 1040. The lowest BCUT2D eigenvalue weighted by Crippen LogP contribution is -2.58. The normalized spacial score (nSPS) is 17.8. The van der Waals surface area contributed by atoms with Gasteiger partial charge in [-0.3, -0.25) is 9.59 Å². The van der Waals surface area contributed by atoms with E-state index in [9.17, 15) is 14.4 Å². The maximum atomic E-state index is 13.8. The number of rotatable bonds is 8. The molecule has 2 aromatic rings. The summed E-state index contributed by atoms with van der Waals surface area (Å²) in [5, 5.41) is 5.95. The number of anilines is 1. The highest BCUT2D eigenvalue weighted by molar-refractivity contribution is 5.96. The average molecular weight is 492 g/mol. The molecule has 2 saturated heterocycles. The van der Waals surface area contributed by atoms with E-state index >= 15 is 0 Å². The average Bonchev–Trinajstić information content (AvgIpc) is 3.17. The van der Waals surface area contributed by atoms with Crippen LogP contribution in [0.2, 0.25) is 0 Å². The van der Waals surface area contributed by atoms with Gasteiger partial charge in [0.1, 0.15) is 12.1 Å². The first-order valence-corrected chi connectivity index (χ1v) is 12.9. The van der Waals surface area contributed by atoms with Gasteiger partial charge in [-0.1, -0.05) is 68.8 Å². The quantitative estimate of drug-likeness (QED) is 0.594. The number of urea groups is 1. The predicted octanol–water partition coefficient (Wildman–Crippen LogP) is 3.20. The number of piperidine rings is 1. The monoisotopic (exact) mass is 491 g/mol. The van der Waals surface area contributed by atoms with Gasteiger partial charge >= 0.3 is 6.03 Å². The summed E-state index contributed by atoms with van der Waals surface area (Å²) in [7, 11) is 0. The molecule has 36 heavy (non-hydrogen) atoms. The molecule has 0 radical (unpaired) electrons. The van der Waals surface area contributed by atoms with Gasteiger partial charge in [0.25, 0.3) is 5.91 Å². The second kappa shape index (κ2) is 11.5.